The van der Waals surface area contributed by atoms with Crippen LogP contribution in [0.5, 0.6) is 5.75 Å². The van der Waals surface area contributed by atoms with Crippen molar-refractivity contribution in [1.82, 2.24) is 0 Å². The summed E-state index contributed by atoms with van der Waals surface area (Å²) in [4.78, 5) is 11.3. The van der Waals surface area contributed by atoms with Gasteiger partial charge in [-0.3, -0.25) is 4.79 Å². The van der Waals surface area contributed by atoms with Crippen LogP contribution in [0, 0.1) is 6.92 Å². The highest BCUT2D eigenvalue weighted by Gasteiger charge is 2.51. The van der Waals surface area contributed by atoms with Crippen LogP contribution in [0.4, 0.5) is 0 Å². The molecule has 1 aliphatic carbocycles. The van der Waals surface area contributed by atoms with E-state index in [0.29, 0.717) is 0 Å². The summed E-state index contributed by atoms with van der Waals surface area (Å²) in [6.07, 6.45) is 4.18. The number of aryl methyl sites for hydroxylation is 1. The first-order valence-corrected chi connectivity index (χ1v) is 6.66. The summed E-state index contributed by atoms with van der Waals surface area (Å²) in [5.41, 5.74) is 2.40. The summed E-state index contributed by atoms with van der Waals surface area (Å²) in [7, 11) is 0. The summed E-state index contributed by atoms with van der Waals surface area (Å²) < 4.78 is 5.63. The molecule has 1 aromatic rings. The van der Waals surface area contributed by atoms with Gasteiger partial charge in [-0.2, -0.15) is 0 Å². The standard InChI is InChI=1S/C16H20O3/c1-4-11(2)10-19-14-6-5-13(9-12(14)3)16(7-8-16)15(17)18/h5-6,9-10H,4,7-8H2,1-3H3,(H,17,18)/b11-10-. The number of carboxylic acids is 1. The maximum Gasteiger partial charge on any atom is 0.314 e. The predicted molar refractivity (Wildman–Crippen MR) is 74.4 cm³/mol. The molecule has 0 atom stereocenters. The van der Waals surface area contributed by atoms with Crippen LogP contribution in [0.1, 0.15) is 44.2 Å². The van der Waals surface area contributed by atoms with Crippen molar-refractivity contribution >= 4 is 5.97 Å². The third-order valence-corrected chi connectivity index (χ3v) is 3.83. The van der Waals surface area contributed by atoms with E-state index in [4.69, 9.17) is 4.74 Å². The number of carboxylic acid groups (broad SMARTS) is 1. The van der Waals surface area contributed by atoms with Crippen LogP contribution < -0.4 is 4.74 Å². The van der Waals surface area contributed by atoms with Crippen molar-refractivity contribution in [3.05, 3.63) is 41.2 Å². The van der Waals surface area contributed by atoms with E-state index in [-0.39, 0.29) is 0 Å². The Balaban J connectivity index is 2.21. The average molecular weight is 260 g/mol. The Kier molecular flexibility index (Phi) is 3.65. The molecule has 0 saturated heterocycles. The summed E-state index contributed by atoms with van der Waals surface area (Å²) >= 11 is 0. The van der Waals surface area contributed by atoms with Crippen molar-refractivity contribution in [1.29, 1.82) is 0 Å². The Hall–Kier alpha value is -1.77. The smallest absolute Gasteiger partial charge is 0.314 e. The number of hydrogen-bond acceptors (Lipinski definition) is 2. The van der Waals surface area contributed by atoms with Gasteiger partial charge < -0.3 is 9.84 Å². The Morgan fingerprint density at radius 3 is 2.63 bits per heavy atom. The van der Waals surface area contributed by atoms with E-state index < -0.39 is 11.4 Å². The van der Waals surface area contributed by atoms with Crippen LogP contribution in [0.25, 0.3) is 0 Å². The molecule has 1 aromatic carbocycles. The number of ether oxygens (including phenoxy) is 1. The molecule has 19 heavy (non-hydrogen) atoms. The highest BCUT2D eigenvalue weighted by atomic mass is 16.5. The second-order valence-electron chi connectivity index (χ2n) is 5.30. The van der Waals surface area contributed by atoms with Gasteiger partial charge in [0, 0.05) is 0 Å². The lowest BCUT2D eigenvalue weighted by molar-refractivity contribution is -0.140. The molecule has 0 aliphatic heterocycles. The normalized spacial score (nSPS) is 17.1. The number of rotatable bonds is 5. The van der Waals surface area contributed by atoms with Crippen LogP contribution in [0.2, 0.25) is 0 Å². The van der Waals surface area contributed by atoms with Gasteiger partial charge >= 0.3 is 5.97 Å². The molecule has 0 aromatic heterocycles. The Morgan fingerprint density at radius 2 is 2.16 bits per heavy atom. The third-order valence-electron chi connectivity index (χ3n) is 3.83. The van der Waals surface area contributed by atoms with Crippen LogP contribution >= 0.6 is 0 Å². The molecule has 3 nitrogen and oxygen atoms in total. The molecule has 0 unspecified atom stereocenters. The van der Waals surface area contributed by atoms with Crippen molar-refractivity contribution in [2.45, 2.75) is 45.4 Å². The quantitative estimate of drug-likeness (QED) is 0.819. The Bertz CT molecular complexity index is 525. The van der Waals surface area contributed by atoms with Gasteiger partial charge in [0.25, 0.3) is 0 Å². The van der Waals surface area contributed by atoms with E-state index in [2.05, 4.69) is 6.92 Å². The largest absolute Gasteiger partial charge is 0.481 e. The summed E-state index contributed by atoms with van der Waals surface area (Å²) in [6.45, 7) is 6.05. The van der Waals surface area contributed by atoms with Gasteiger partial charge in [-0.25, -0.2) is 0 Å². The third kappa shape index (κ3) is 2.65. The number of allylic oxidation sites excluding steroid dienone is 1. The van der Waals surface area contributed by atoms with E-state index >= 15 is 0 Å². The zero-order chi connectivity index (χ0) is 14.0. The highest BCUT2D eigenvalue weighted by molar-refractivity contribution is 5.85. The Morgan fingerprint density at radius 1 is 1.47 bits per heavy atom. The summed E-state index contributed by atoms with van der Waals surface area (Å²) in [5, 5.41) is 9.28. The molecular weight excluding hydrogens is 240 g/mol. The molecule has 1 fully saturated rings. The maximum absolute atomic E-state index is 11.3. The minimum Gasteiger partial charge on any atom is -0.481 e. The van der Waals surface area contributed by atoms with Crippen molar-refractivity contribution in [3.63, 3.8) is 0 Å². The van der Waals surface area contributed by atoms with Crippen LogP contribution in [0.15, 0.2) is 30.0 Å². The average Bonchev–Trinajstić information content (AvgIpc) is 3.18. The van der Waals surface area contributed by atoms with Crippen LogP contribution in [0.3, 0.4) is 0 Å². The fourth-order valence-electron chi connectivity index (χ4n) is 2.08. The second kappa shape index (κ2) is 5.08. The van der Waals surface area contributed by atoms with Crippen molar-refractivity contribution in [3.8, 4) is 5.75 Å². The minimum absolute atomic E-state index is 0.640. The first kappa shape index (κ1) is 13.7. The molecule has 2 rings (SSSR count). The molecule has 1 saturated carbocycles. The molecular formula is C16H20O3. The van der Waals surface area contributed by atoms with Gasteiger partial charge in [-0.15, -0.1) is 0 Å². The molecule has 3 heteroatoms. The minimum atomic E-state index is -0.720. The highest BCUT2D eigenvalue weighted by Crippen LogP contribution is 2.49. The summed E-state index contributed by atoms with van der Waals surface area (Å²) in [6, 6.07) is 5.68. The molecule has 0 amide bonds. The molecule has 0 radical (unpaired) electrons. The van der Waals surface area contributed by atoms with Crippen molar-refractivity contribution in [2.24, 2.45) is 0 Å². The number of aliphatic carboxylic acids is 1. The first-order valence-electron chi connectivity index (χ1n) is 6.66. The van der Waals surface area contributed by atoms with Gasteiger partial charge in [0.2, 0.25) is 0 Å². The van der Waals surface area contributed by atoms with Gasteiger partial charge in [-0.1, -0.05) is 19.1 Å². The zero-order valence-electron chi connectivity index (χ0n) is 11.7. The lowest BCUT2D eigenvalue weighted by Gasteiger charge is -2.13. The van der Waals surface area contributed by atoms with E-state index in [1.54, 1.807) is 6.26 Å². The van der Waals surface area contributed by atoms with Crippen molar-refractivity contribution < 1.29 is 14.6 Å². The van der Waals surface area contributed by atoms with Gasteiger partial charge in [0.15, 0.2) is 0 Å². The predicted octanol–water partition coefficient (Wildman–Crippen LogP) is 3.80. The topological polar surface area (TPSA) is 46.5 Å². The summed E-state index contributed by atoms with van der Waals surface area (Å²) in [5.74, 6) is 0.0695. The maximum atomic E-state index is 11.3. The van der Waals surface area contributed by atoms with Crippen LogP contribution in [-0.2, 0) is 10.2 Å². The number of benzene rings is 1. The molecule has 1 aliphatic rings. The molecule has 0 heterocycles. The van der Waals surface area contributed by atoms with Crippen LogP contribution in [-0.4, -0.2) is 11.1 Å². The SMILES string of the molecule is CC/C(C)=C\Oc1ccc(C2(C(=O)O)CC2)cc1C. The lowest BCUT2D eigenvalue weighted by atomic mass is 9.94. The lowest BCUT2D eigenvalue weighted by Crippen LogP contribution is -2.19. The number of hydrogen-bond donors (Lipinski definition) is 1. The molecule has 0 spiro atoms. The van der Waals surface area contributed by atoms with E-state index in [1.165, 1.54) is 5.57 Å². The monoisotopic (exact) mass is 260 g/mol. The molecule has 102 valence electrons. The van der Waals surface area contributed by atoms with Crippen molar-refractivity contribution in [2.75, 3.05) is 0 Å². The van der Waals surface area contributed by atoms with E-state index in [1.807, 2.05) is 32.0 Å². The second-order valence-corrected chi connectivity index (χ2v) is 5.30. The van der Waals surface area contributed by atoms with Gasteiger partial charge in [0.05, 0.1) is 11.7 Å². The number of carbonyl (C=O) groups is 1. The van der Waals surface area contributed by atoms with E-state index in [9.17, 15) is 9.90 Å². The molecule has 1 N–H and O–H groups in total. The first-order chi connectivity index (χ1) is 8.99. The van der Waals surface area contributed by atoms with Gasteiger partial charge in [0.1, 0.15) is 5.75 Å². The Labute approximate surface area is 113 Å². The van der Waals surface area contributed by atoms with E-state index in [0.717, 1.165) is 36.1 Å². The van der Waals surface area contributed by atoms with Gasteiger partial charge in [-0.05, 0) is 55.9 Å². The molecule has 0 bridgehead atoms. The fraction of sp³-hybridized carbons (Fsp3) is 0.438. The zero-order valence-corrected chi connectivity index (χ0v) is 11.7. The fourth-order valence-corrected chi connectivity index (χ4v) is 2.08.